The van der Waals surface area contributed by atoms with Gasteiger partial charge >= 0.3 is 11.2 Å². The molecule has 0 saturated carbocycles. The van der Waals surface area contributed by atoms with E-state index in [1.807, 2.05) is 48.9 Å². The minimum absolute atomic E-state index is 0.229. The van der Waals surface area contributed by atoms with Crippen molar-refractivity contribution in [1.82, 2.24) is 9.55 Å². The molecule has 0 aliphatic rings. The fourth-order valence-electron chi connectivity index (χ4n) is 2.50. The molecule has 0 bridgehead atoms. The van der Waals surface area contributed by atoms with E-state index >= 15 is 0 Å². The van der Waals surface area contributed by atoms with Crippen molar-refractivity contribution < 1.29 is 5.11 Å². The van der Waals surface area contributed by atoms with Crippen molar-refractivity contribution >= 4 is 21.7 Å². The first-order valence-corrected chi connectivity index (χ1v) is 8.69. The van der Waals surface area contributed by atoms with Crippen molar-refractivity contribution in [2.24, 2.45) is 0 Å². The third-order valence-corrected chi connectivity index (χ3v) is 4.64. The molecule has 1 heterocycles. The van der Waals surface area contributed by atoms with Gasteiger partial charge in [0.2, 0.25) is 0 Å². The Balaban J connectivity index is 2.44. The van der Waals surface area contributed by atoms with Gasteiger partial charge in [-0.05, 0) is 11.5 Å². The number of aromatic nitrogens is 2. The number of aromatic amines is 1. The van der Waals surface area contributed by atoms with Crippen LogP contribution in [-0.4, -0.2) is 27.2 Å². The maximum atomic E-state index is 12.2. The Bertz CT molecular complexity index is 968. The van der Waals surface area contributed by atoms with E-state index in [0.717, 1.165) is 15.3 Å². The van der Waals surface area contributed by atoms with Gasteiger partial charge in [-0.15, -0.1) is 0 Å². The van der Waals surface area contributed by atoms with Crippen LogP contribution in [0, 0.1) is 0 Å². The molecule has 0 fully saturated rings. The molecule has 112 valence electrons. The molecule has 0 atom stereocenters. The van der Waals surface area contributed by atoms with E-state index in [9.17, 15) is 14.7 Å². The summed E-state index contributed by atoms with van der Waals surface area (Å²) >= 11 is 0. The molecule has 2 aromatic carbocycles. The van der Waals surface area contributed by atoms with Crippen LogP contribution >= 0.6 is 0 Å². The average molecular weight is 315 g/mol. The van der Waals surface area contributed by atoms with Gasteiger partial charge in [-0.1, -0.05) is 36.4 Å². The largest absolute Gasteiger partial charge is 0.490 e. The number of H-pyrrole nitrogens is 1. The Kier molecular flexibility index (Phi) is 3.54. The Morgan fingerprint density at radius 2 is 1.73 bits per heavy atom. The SMILES string of the molecule is C[S+](C)c1c(O)n(-c2cccc3ccccc23)c(=O)[nH]c1=O. The molecule has 3 aromatic rings. The summed E-state index contributed by atoms with van der Waals surface area (Å²) in [5.74, 6) is -0.293. The van der Waals surface area contributed by atoms with Crippen molar-refractivity contribution in [2.75, 3.05) is 12.5 Å². The fourth-order valence-corrected chi connectivity index (χ4v) is 3.38. The smallest absolute Gasteiger partial charge is 0.336 e. The maximum absolute atomic E-state index is 12.2. The minimum atomic E-state index is -0.645. The molecule has 3 rings (SSSR count). The molecule has 2 N–H and O–H groups in total. The number of aromatic hydroxyl groups is 1. The molecule has 22 heavy (non-hydrogen) atoms. The zero-order valence-corrected chi connectivity index (χ0v) is 13.0. The molecule has 0 amide bonds. The summed E-state index contributed by atoms with van der Waals surface area (Å²) in [4.78, 5) is 26.7. The number of nitrogens with one attached hydrogen (secondary N) is 1. The summed E-state index contributed by atoms with van der Waals surface area (Å²) in [6.45, 7) is 0. The standard InChI is InChI=1S/C16H14N2O3S/c1-22(2)13-14(19)17-16(21)18(15(13)20)12-9-5-7-10-6-3-4-8-11(10)12/h3-9H,1-2H3,(H-,17,19,20,21)/p+1. The lowest BCUT2D eigenvalue weighted by molar-refractivity contribution is 0.415. The number of hydrogen-bond acceptors (Lipinski definition) is 3. The van der Waals surface area contributed by atoms with Gasteiger partial charge in [0.1, 0.15) is 12.5 Å². The van der Waals surface area contributed by atoms with Crippen molar-refractivity contribution in [2.45, 2.75) is 4.90 Å². The number of hydrogen-bond donors (Lipinski definition) is 2. The van der Waals surface area contributed by atoms with Crippen LogP contribution in [0.3, 0.4) is 0 Å². The van der Waals surface area contributed by atoms with Crippen molar-refractivity contribution in [3.05, 3.63) is 63.3 Å². The zero-order valence-electron chi connectivity index (χ0n) is 12.2. The van der Waals surface area contributed by atoms with Crippen molar-refractivity contribution in [3.8, 4) is 11.6 Å². The van der Waals surface area contributed by atoms with Crippen molar-refractivity contribution in [3.63, 3.8) is 0 Å². The van der Waals surface area contributed by atoms with Crippen LogP contribution in [0.2, 0.25) is 0 Å². The molecule has 0 radical (unpaired) electrons. The van der Waals surface area contributed by atoms with E-state index in [4.69, 9.17) is 0 Å². The lowest BCUT2D eigenvalue weighted by Crippen LogP contribution is -2.32. The molecular formula is C16H15N2O3S+. The molecule has 6 heteroatoms. The van der Waals surface area contributed by atoms with E-state index in [1.54, 1.807) is 6.07 Å². The second kappa shape index (κ2) is 5.38. The summed E-state index contributed by atoms with van der Waals surface area (Å²) in [5, 5.41) is 12.3. The van der Waals surface area contributed by atoms with Gasteiger partial charge in [0.05, 0.1) is 5.69 Å². The average Bonchev–Trinajstić information content (AvgIpc) is 2.46. The van der Waals surface area contributed by atoms with Crippen LogP contribution in [0.5, 0.6) is 5.88 Å². The van der Waals surface area contributed by atoms with Gasteiger partial charge in [0, 0.05) is 16.3 Å². The highest BCUT2D eigenvalue weighted by atomic mass is 32.2. The molecular weight excluding hydrogens is 300 g/mol. The number of benzene rings is 2. The van der Waals surface area contributed by atoms with Crippen LogP contribution in [-0.2, 0) is 10.9 Å². The van der Waals surface area contributed by atoms with Gasteiger partial charge in [0.15, 0.2) is 0 Å². The molecule has 0 aliphatic heterocycles. The van der Waals surface area contributed by atoms with Gasteiger partial charge < -0.3 is 5.11 Å². The van der Waals surface area contributed by atoms with Crippen LogP contribution in [0.4, 0.5) is 0 Å². The van der Waals surface area contributed by atoms with E-state index in [1.165, 1.54) is 0 Å². The van der Waals surface area contributed by atoms with Crippen molar-refractivity contribution in [1.29, 1.82) is 0 Å². The van der Waals surface area contributed by atoms with Gasteiger partial charge in [-0.25, -0.2) is 9.36 Å². The molecule has 0 aliphatic carbocycles. The summed E-state index contributed by atoms with van der Waals surface area (Å²) < 4.78 is 1.16. The normalized spacial score (nSPS) is 11.2. The first kappa shape index (κ1) is 14.5. The Morgan fingerprint density at radius 1 is 1.05 bits per heavy atom. The quantitative estimate of drug-likeness (QED) is 0.706. The number of nitrogens with zero attached hydrogens (tertiary/aromatic N) is 1. The van der Waals surface area contributed by atoms with Gasteiger partial charge in [0.25, 0.3) is 10.8 Å². The lowest BCUT2D eigenvalue weighted by atomic mass is 10.1. The van der Waals surface area contributed by atoms with Crippen LogP contribution in [0.15, 0.2) is 56.9 Å². The fraction of sp³-hybridized carbons (Fsp3) is 0.125. The van der Waals surface area contributed by atoms with Crippen LogP contribution in [0.25, 0.3) is 16.5 Å². The zero-order chi connectivity index (χ0) is 15.9. The third kappa shape index (κ3) is 2.21. The summed E-state index contributed by atoms with van der Waals surface area (Å²) in [6.07, 6.45) is 3.64. The van der Waals surface area contributed by atoms with E-state index in [0.29, 0.717) is 5.69 Å². The Labute approximate surface area is 129 Å². The van der Waals surface area contributed by atoms with Gasteiger partial charge in [-0.3, -0.25) is 9.78 Å². The maximum Gasteiger partial charge on any atom is 0.336 e. The summed E-state index contributed by atoms with van der Waals surface area (Å²) in [6, 6.07) is 13.1. The second-order valence-corrected chi connectivity index (χ2v) is 7.10. The monoisotopic (exact) mass is 315 g/mol. The molecule has 0 unspecified atom stereocenters. The van der Waals surface area contributed by atoms with Crippen LogP contribution < -0.4 is 11.2 Å². The summed E-state index contributed by atoms with van der Waals surface area (Å²) in [5.41, 5.74) is -0.635. The number of rotatable bonds is 2. The van der Waals surface area contributed by atoms with Crippen LogP contribution in [0.1, 0.15) is 0 Å². The highest BCUT2D eigenvalue weighted by Crippen LogP contribution is 2.26. The van der Waals surface area contributed by atoms with E-state index in [-0.39, 0.29) is 10.8 Å². The molecule has 1 aromatic heterocycles. The molecule has 0 saturated heterocycles. The molecule has 0 spiro atoms. The highest BCUT2D eigenvalue weighted by Gasteiger charge is 2.25. The predicted molar refractivity (Wildman–Crippen MR) is 89.3 cm³/mol. The highest BCUT2D eigenvalue weighted by molar-refractivity contribution is 7.95. The third-order valence-electron chi connectivity index (χ3n) is 3.46. The first-order valence-electron chi connectivity index (χ1n) is 6.64. The number of fused-ring (bicyclic) bond motifs is 1. The minimum Gasteiger partial charge on any atom is -0.490 e. The van der Waals surface area contributed by atoms with E-state index in [2.05, 4.69) is 4.98 Å². The van der Waals surface area contributed by atoms with E-state index < -0.39 is 22.1 Å². The van der Waals surface area contributed by atoms with Gasteiger partial charge in [-0.2, -0.15) is 0 Å². The predicted octanol–water partition coefficient (Wildman–Crippen LogP) is 1.62. The summed E-state index contributed by atoms with van der Waals surface area (Å²) in [7, 11) is -0.482. The Hall–Kier alpha value is -2.47. The second-order valence-electron chi connectivity index (χ2n) is 5.06. The topological polar surface area (TPSA) is 75.1 Å². The lowest BCUT2D eigenvalue weighted by Gasteiger charge is -2.11. The molecule has 5 nitrogen and oxygen atoms in total. The Morgan fingerprint density at radius 3 is 2.45 bits per heavy atom. The first-order chi connectivity index (χ1) is 10.5.